The minimum atomic E-state index is -0.785. The van der Waals surface area contributed by atoms with Crippen molar-refractivity contribution in [3.8, 4) is 11.4 Å². The predicted octanol–water partition coefficient (Wildman–Crippen LogP) is 4.18. The molecule has 0 aliphatic carbocycles. The molecule has 1 heterocycles. The normalized spacial score (nSPS) is 10.9. The van der Waals surface area contributed by atoms with Crippen LogP contribution >= 0.6 is 11.8 Å². The van der Waals surface area contributed by atoms with E-state index in [1.807, 2.05) is 41.8 Å². The average molecular weight is 490 g/mol. The number of para-hydroxylation sites is 1. The summed E-state index contributed by atoms with van der Waals surface area (Å²) in [5.74, 6) is -0.651. The molecule has 0 spiro atoms. The number of benzene rings is 3. The molecule has 10 heteroatoms. The Hall–Kier alpha value is -4.31. The molecule has 0 radical (unpaired) electrons. The Kier molecular flexibility index (Phi) is 7.63. The number of nitrogens with zero attached hydrogens (tertiary/aromatic N) is 4. The van der Waals surface area contributed by atoms with Crippen LogP contribution in [0.5, 0.6) is 5.75 Å². The van der Waals surface area contributed by atoms with Crippen molar-refractivity contribution in [3.63, 3.8) is 0 Å². The first-order valence-electron chi connectivity index (χ1n) is 10.5. The molecule has 0 aliphatic heterocycles. The Balaban J connectivity index is 1.28. The Morgan fingerprint density at radius 1 is 1.03 bits per heavy atom. The van der Waals surface area contributed by atoms with E-state index in [4.69, 9.17) is 4.74 Å². The lowest BCUT2D eigenvalue weighted by Gasteiger charge is -2.07. The molecule has 4 aromatic rings. The molecule has 0 unspecified atom stereocenters. The minimum Gasteiger partial charge on any atom is -0.423 e. The second kappa shape index (κ2) is 11.2. The number of thioether (sulfide) groups is 1. The molecule has 4 rings (SSSR count). The van der Waals surface area contributed by atoms with E-state index in [-0.39, 0.29) is 23.0 Å². The number of esters is 1. The van der Waals surface area contributed by atoms with Crippen LogP contribution in [-0.2, 0) is 4.79 Å². The third-order valence-corrected chi connectivity index (χ3v) is 5.66. The lowest BCUT2D eigenvalue weighted by atomic mass is 10.2. The van der Waals surface area contributed by atoms with Crippen molar-refractivity contribution in [1.82, 2.24) is 20.2 Å². The molecular formula is C25H20FN5O3S. The fourth-order valence-corrected chi connectivity index (χ4v) is 3.85. The summed E-state index contributed by atoms with van der Waals surface area (Å²) in [4.78, 5) is 24.3. The van der Waals surface area contributed by atoms with Crippen LogP contribution in [0.4, 0.5) is 4.39 Å². The van der Waals surface area contributed by atoms with Gasteiger partial charge < -0.3 is 4.74 Å². The summed E-state index contributed by atoms with van der Waals surface area (Å²) in [6.45, 7) is 1.85. The molecule has 1 amide bonds. The number of halogens is 1. The summed E-state index contributed by atoms with van der Waals surface area (Å²) in [5.41, 5.74) is 3.91. The summed E-state index contributed by atoms with van der Waals surface area (Å²) in [5, 5.41) is 12.8. The third-order valence-electron chi connectivity index (χ3n) is 4.73. The van der Waals surface area contributed by atoms with Crippen LogP contribution in [0.1, 0.15) is 21.7 Å². The van der Waals surface area contributed by atoms with E-state index in [0.717, 1.165) is 11.5 Å². The van der Waals surface area contributed by atoms with Gasteiger partial charge in [-0.1, -0.05) is 42.1 Å². The van der Waals surface area contributed by atoms with Crippen molar-refractivity contribution < 1.29 is 18.7 Å². The maximum absolute atomic E-state index is 13.7. The second-order valence-electron chi connectivity index (χ2n) is 7.22. The van der Waals surface area contributed by atoms with Gasteiger partial charge in [-0.25, -0.2) is 14.6 Å². The van der Waals surface area contributed by atoms with Gasteiger partial charge in [0.2, 0.25) is 0 Å². The van der Waals surface area contributed by atoms with Crippen molar-refractivity contribution in [1.29, 1.82) is 0 Å². The van der Waals surface area contributed by atoms with Crippen LogP contribution in [0, 0.1) is 12.7 Å². The molecule has 35 heavy (non-hydrogen) atoms. The second-order valence-corrected chi connectivity index (χ2v) is 8.16. The Morgan fingerprint density at radius 2 is 1.74 bits per heavy atom. The van der Waals surface area contributed by atoms with Gasteiger partial charge in [-0.15, -0.1) is 10.2 Å². The van der Waals surface area contributed by atoms with Gasteiger partial charge in [0.1, 0.15) is 17.4 Å². The Morgan fingerprint density at radius 3 is 2.49 bits per heavy atom. The highest BCUT2D eigenvalue weighted by atomic mass is 32.2. The zero-order valence-electron chi connectivity index (χ0n) is 18.6. The van der Waals surface area contributed by atoms with Crippen LogP contribution in [-0.4, -0.2) is 38.6 Å². The van der Waals surface area contributed by atoms with Crippen molar-refractivity contribution in [3.05, 3.63) is 102 Å². The number of carbonyl (C=O) groups excluding carboxylic acids is 2. The summed E-state index contributed by atoms with van der Waals surface area (Å²) in [6, 6.07) is 21.7. The van der Waals surface area contributed by atoms with Crippen molar-refractivity contribution in [2.24, 2.45) is 5.10 Å². The smallest absolute Gasteiger partial charge is 0.346 e. The van der Waals surface area contributed by atoms with Crippen LogP contribution in [0.25, 0.3) is 5.69 Å². The number of carbonyl (C=O) groups is 2. The SMILES string of the molecule is Cc1nnc(SCC(=O)N/N=C\c2ccc(OC(=O)c3ccccc3F)cc2)n1-c1ccccc1. The highest BCUT2D eigenvalue weighted by Gasteiger charge is 2.14. The first-order chi connectivity index (χ1) is 17.0. The highest BCUT2D eigenvalue weighted by Crippen LogP contribution is 2.21. The number of ether oxygens (including phenoxy) is 1. The Bertz CT molecular complexity index is 1360. The van der Waals surface area contributed by atoms with Crippen LogP contribution in [0.3, 0.4) is 0 Å². The number of hydrogen-bond acceptors (Lipinski definition) is 7. The van der Waals surface area contributed by atoms with Gasteiger partial charge in [0.15, 0.2) is 5.16 Å². The third kappa shape index (κ3) is 6.18. The zero-order valence-corrected chi connectivity index (χ0v) is 19.4. The van der Waals surface area contributed by atoms with E-state index in [1.54, 1.807) is 30.3 Å². The molecule has 0 saturated carbocycles. The molecule has 1 N–H and O–H groups in total. The van der Waals surface area contributed by atoms with Crippen LogP contribution in [0.15, 0.2) is 89.1 Å². The summed E-state index contributed by atoms with van der Waals surface area (Å²) in [6.07, 6.45) is 1.46. The van der Waals surface area contributed by atoms with E-state index in [0.29, 0.717) is 10.7 Å². The minimum absolute atomic E-state index is 0.104. The number of hydrogen-bond donors (Lipinski definition) is 1. The molecule has 0 atom stereocenters. The molecule has 0 aliphatic rings. The number of hydrazone groups is 1. The molecule has 3 aromatic carbocycles. The molecule has 0 saturated heterocycles. The number of aromatic nitrogens is 3. The topological polar surface area (TPSA) is 98.5 Å². The van der Waals surface area contributed by atoms with Gasteiger partial charge in [-0.2, -0.15) is 5.10 Å². The fourth-order valence-electron chi connectivity index (χ4n) is 3.06. The molecular weight excluding hydrogens is 469 g/mol. The van der Waals surface area contributed by atoms with E-state index in [9.17, 15) is 14.0 Å². The highest BCUT2D eigenvalue weighted by molar-refractivity contribution is 7.99. The van der Waals surface area contributed by atoms with Gasteiger partial charge in [-0.3, -0.25) is 9.36 Å². The van der Waals surface area contributed by atoms with E-state index < -0.39 is 11.8 Å². The standard InChI is InChI=1S/C25H20FN5O3S/c1-17-28-30-25(31(17)19-7-3-2-4-8-19)35-16-23(32)29-27-15-18-11-13-20(14-12-18)34-24(33)21-9-5-6-10-22(21)26/h2-15H,16H2,1H3,(H,29,32)/b27-15-. The molecule has 0 fully saturated rings. The van der Waals surface area contributed by atoms with Gasteiger partial charge in [0.05, 0.1) is 17.5 Å². The van der Waals surface area contributed by atoms with Crippen molar-refractivity contribution >= 4 is 29.9 Å². The zero-order chi connectivity index (χ0) is 24.6. The Labute approximate surface area is 204 Å². The average Bonchev–Trinajstić information content (AvgIpc) is 3.24. The molecule has 8 nitrogen and oxygen atoms in total. The van der Waals surface area contributed by atoms with Crippen molar-refractivity contribution in [2.45, 2.75) is 12.1 Å². The van der Waals surface area contributed by atoms with E-state index in [2.05, 4.69) is 20.7 Å². The first-order valence-corrected chi connectivity index (χ1v) is 11.5. The lowest BCUT2D eigenvalue weighted by molar-refractivity contribution is -0.118. The monoisotopic (exact) mass is 489 g/mol. The first kappa shape index (κ1) is 23.8. The van der Waals surface area contributed by atoms with Crippen LogP contribution < -0.4 is 10.2 Å². The number of rotatable bonds is 8. The number of nitrogens with one attached hydrogen (secondary N) is 1. The van der Waals surface area contributed by atoms with E-state index in [1.165, 1.54) is 36.2 Å². The van der Waals surface area contributed by atoms with Gasteiger partial charge in [-0.05, 0) is 61.0 Å². The quantitative estimate of drug-likeness (QED) is 0.131. The summed E-state index contributed by atoms with van der Waals surface area (Å²) in [7, 11) is 0. The predicted molar refractivity (Wildman–Crippen MR) is 130 cm³/mol. The maximum Gasteiger partial charge on any atom is 0.346 e. The molecule has 176 valence electrons. The fraction of sp³-hybridized carbons (Fsp3) is 0.0800. The van der Waals surface area contributed by atoms with Crippen molar-refractivity contribution in [2.75, 3.05) is 5.75 Å². The van der Waals surface area contributed by atoms with Gasteiger partial charge in [0.25, 0.3) is 5.91 Å². The maximum atomic E-state index is 13.7. The van der Waals surface area contributed by atoms with Gasteiger partial charge in [0, 0.05) is 5.69 Å². The lowest BCUT2D eigenvalue weighted by Crippen LogP contribution is -2.20. The summed E-state index contributed by atoms with van der Waals surface area (Å²) < 4.78 is 20.8. The van der Waals surface area contributed by atoms with Gasteiger partial charge >= 0.3 is 5.97 Å². The number of amides is 1. The summed E-state index contributed by atoms with van der Waals surface area (Å²) >= 11 is 1.25. The largest absolute Gasteiger partial charge is 0.423 e. The molecule has 0 bridgehead atoms. The van der Waals surface area contributed by atoms with Crippen LogP contribution in [0.2, 0.25) is 0 Å². The number of aryl methyl sites for hydroxylation is 1. The molecule has 1 aromatic heterocycles. The van der Waals surface area contributed by atoms with E-state index >= 15 is 0 Å².